The molecule has 6 nitrogen and oxygen atoms in total. The van der Waals surface area contributed by atoms with Crippen LogP contribution in [-0.2, 0) is 5.88 Å². The number of nitro groups is 1. The number of rotatable bonds is 4. The van der Waals surface area contributed by atoms with E-state index < -0.39 is 4.92 Å². The molecule has 7 heteroatoms. The Labute approximate surface area is 120 Å². The summed E-state index contributed by atoms with van der Waals surface area (Å²) in [7, 11) is 0. The molecule has 0 amide bonds. The van der Waals surface area contributed by atoms with Crippen LogP contribution in [0.4, 0.5) is 5.69 Å². The summed E-state index contributed by atoms with van der Waals surface area (Å²) >= 11 is 5.89. The number of alkyl halides is 1. The van der Waals surface area contributed by atoms with Gasteiger partial charge in [-0.1, -0.05) is 6.07 Å². The molecule has 3 rings (SSSR count). The second-order valence-electron chi connectivity index (χ2n) is 4.93. The van der Waals surface area contributed by atoms with Crippen LogP contribution in [0.15, 0.2) is 18.2 Å². The van der Waals surface area contributed by atoms with Gasteiger partial charge in [-0.3, -0.25) is 10.1 Å². The highest BCUT2D eigenvalue weighted by molar-refractivity contribution is 6.16. The third-order valence-electron chi connectivity index (χ3n) is 3.47. The normalized spacial score (nSPS) is 14.5. The maximum atomic E-state index is 10.9. The predicted octanol–water partition coefficient (Wildman–Crippen LogP) is 3.24. The average molecular weight is 293 g/mol. The van der Waals surface area contributed by atoms with E-state index in [1.54, 1.807) is 12.1 Å². The summed E-state index contributed by atoms with van der Waals surface area (Å²) in [6.07, 6.45) is 2.14. The number of nitro benzene ring substituents is 1. The van der Waals surface area contributed by atoms with Crippen LogP contribution in [0.1, 0.15) is 30.3 Å². The fourth-order valence-electron chi connectivity index (χ4n) is 2.28. The van der Waals surface area contributed by atoms with Crippen molar-refractivity contribution in [3.8, 4) is 11.4 Å². The van der Waals surface area contributed by atoms with Crippen molar-refractivity contribution in [2.24, 2.45) is 0 Å². The van der Waals surface area contributed by atoms with Gasteiger partial charge < -0.3 is 4.57 Å². The molecule has 0 aliphatic heterocycles. The smallest absolute Gasteiger partial charge is 0.270 e. The highest BCUT2D eigenvalue weighted by Crippen LogP contribution is 2.40. The van der Waals surface area contributed by atoms with Crippen molar-refractivity contribution in [1.29, 1.82) is 0 Å². The lowest BCUT2D eigenvalue weighted by atomic mass is 10.1. The van der Waals surface area contributed by atoms with E-state index in [2.05, 4.69) is 10.2 Å². The van der Waals surface area contributed by atoms with Crippen LogP contribution in [0.25, 0.3) is 11.4 Å². The van der Waals surface area contributed by atoms with Crippen LogP contribution in [0.5, 0.6) is 0 Å². The summed E-state index contributed by atoms with van der Waals surface area (Å²) in [5, 5.41) is 19.2. The van der Waals surface area contributed by atoms with Gasteiger partial charge in [0.1, 0.15) is 5.82 Å². The first-order valence-electron chi connectivity index (χ1n) is 6.37. The molecule has 1 aromatic carbocycles. The number of hydrogen-bond acceptors (Lipinski definition) is 4. The van der Waals surface area contributed by atoms with Crippen LogP contribution in [0.3, 0.4) is 0 Å². The van der Waals surface area contributed by atoms with Gasteiger partial charge in [0, 0.05) is 23.7 Å². The summed E-state index contributed by atoms with van der Waals surface area (Å²) in [6, 6.07) is 5.15. The molecule has 0 radical (unpaired) electrons. The second kappa shape index (κ2) is 4.86. The van der Waals surface area contributed by atoms with E-state index in [4.69, 9.17) is 11.6 Å². The number of aromatic nitrogens is 3. The third kappa shape index (κ3) is 2.16. The molecule has 1 fully saturated rings. The van der Waals surface area contributed by atoms with Gasteiger partial charge >= 0.3 is 0 Å². The first kappa shape index (κ1) is 13.1. The topological polar surface area (TPSA) is 73.8 Å². The van der Waals surface area contributed by atoms with Crippen molar-refractivity contribution in [2.75, 3.05) is 0 Å². The van der Waals surface area contributed by atoms with E-state index in [-0.39, 0.29) is 11.6 Å². The number of nitrogens with zero attached hydrogens (tertiary/aromatic N) is 4. The molecule has 0 saturated heterocycles. The van der Waals surface area contributed by atoms with Crippen LogP contribution >= 0.6 is 11.6 Å². The summed E-state index contributed by atoms with van der Waals surface area (Å²) < 4.78 is 2.01. The van der Waals surface area contributed by atoms with E-state index in [1.807, 2.05) is 11.5 Å². The highest BCUT2D eigenvalue weighted by atomic mass is 35.5. The molecular weight excluding hydrogens is 280 g/mol. The summed E-state index contributed by atoms with van der Waals surface area (Å²) in [5.41, 5.74) is 1.74. The molecule has 0 N–H and O–H groups in total. The summed E-state index contributed by atoms with van der Waals surface area (Å²) in [6.45, 7) is 1.91. The highest BCUT2D eigenvalue weighted by Gasteiger charge is 2.30. The van der Waals surface area contributed by atoms with Crippen LogP contribution in [-0.4, -0.2) is 19.7 Å². The van der Waals surface area contributed by atoms with Gasteiger partial charge in [-0.2, -0.15) is 0 Å². The lowest BCUT2D eigenvalue weighted by molar-refractivity contribution is -0.384. The van der Waals surface area contributed by atoms with E-state index in [0.29, 0.717) is 11.9 Å². The molecule has 0 spiro atoms. The molecule has 1 heterocycles. The molecule has 0 unspecified atom stereocenters. The Bertz CT molecular complexity index is 679. The summed E-state index contributed by atoms with van der Waals surface area (Å²) in [4.78, 5) is 10.5. The molecule has 1 aliphatic rings. The van der Waals surface area contributed by atoms with Crippen molar-refractivity contribution in [3.63, 3.8) is 0 Å². The van der Waals surface area contributed by atoms with Crippen molar-refractivity contribution >= 4 is 17.3 Å². The number of non-ortho nitro benzene ring substituents is 1. The average Bonchev–Trinajstić information content (AvgIpc) is 3.18. The third-order valence-corrected chi connectivity index (χ3v) is 3.71. The molecule has 104 valence electrons. The molecule has 1 saturated carbocycles. The first-order valence-corrected chi connectivity index (χ1v) is 6.90. The van der Waals surface area contributed by atoms with Crippen LogP contribution < -0.4 is 0 Å². The Morgan fingerprint density at radius 2 is 2.20 bits per heavy atom. The Kier molecular flexibility index (Phi) is 3.17. The van der Waals surface area contributed by atoms with Gasteiger partial charge in [-0.05, 0) is 25.3 Å². The predicted molar refractivity (Wildman–Crippen MR) is 74.7 cm³/mol. The van der Waals surface area contributed by atoms with Gasteiger partial charge in [0.25, 0.3) is 5.69 Å². The molecule has 0 bridgehead atoms. The maximum absolute atomic E-state index is 10.9. The SMILES string of the molecule is Cc1ccc([N+](=O)[O-])cc1-c1nnc(CCl)n1C1CC1. The number of aryl methyl sites for hydroxylation is 1. The maximum Gasteiger partial charge on any atom is 0.270 e. The van der Waals surface area contributed by atoms with Crippen molar-refractivity contribution < 1.29 is 4.92 Å². The molecule has 2 aromatic rings. The van der Waals surface area contributed by atoms with Gasteiger partial charge in [-0.25, -0.2) is 0 Å². The van der Waals surface area contributed by atoms with Crippen LogP contribution in [0.2, 0.25) is 0 Å². The van der Waals surface area contributed by atoms with Crippen molar-refractivity contribution in [2.45, 2.75) is 31.7 Å². The first-order chi connectivity index (χ1) is 9.61. The standard InChI is InChI=1S/C13H13ClN4O2/c1-8-2-3-10(18(19)20)6-11(8)13-16-15-12(7-14)17(13)9-4-5-9/h2-3,6,9H,4-5,7H2,1H3. The fraction of sp³-hybridized carbons (Fsp3) is 0.385. The zero-order chi connectivity index (χ0) is 14.3. The van der Waals surface area contributed by atoms with E-state index >= 15 is 0 Å². The minimum Gasteiger partial charge on any atom is -0.307 e. The van der Waals surface area contributed by atoms with E-state index in [1.165, 1.54) is 6.07 Å². The lowest BCUT2D eigenvalue weighted by Gasteiger charge is -2.09. The molecule has 20 heavy (non-hydrogen) atoms. The van der Waals surface area contributed by atoms with E-state index in [0.717, 1.165) is 29.8 Å². The minimum atomic E-state index is -0.400. The van der Waals surface area contributed by atoms with Gasteiger partial charge in [-0.15, -0.1) is 21.8 Å². The van der Waals surface area contributed by atoms with Gasteiger partial charge in [0.2, 0.25) is 0 Å². The van der Waals surface area contributed by atoms with Crippen LogP contribution in [0, 0.1) is 17.0 Å². The lowest BCUT2D eigenvalue weighted by Crippen LogP contribution is -2.03. The molecule has 0 atom stereocenters. The summed E-state index contributed by atoms with van der Waals surface area (Å²) in [5.74, 6) is 1.68. The van der Waals surface area contributed by atoms with Gasteiger partial charge in [0.15, 0.2) is 5.82 Å². The largest absolute Gasteiger partial charge is 0.307 e. The van der Waals surface area contributed by atoms with Gasteiger partial charge in [0.05, 0.1) is 10.8 Å². The Morgan fingerprint density at radius 1 is 1.45 bits per heavy atom. The number of hydrogen-bond donors (Lipinski definition) is 0. The minimum absolute atomic E-state index is 0.0587. The fourth-order valence-corrected chi connectivity index (χ4v) is 2.46. The Hall–Kier alpha value is -1.95. The zero-order valence-electron chi connectivity index (χ0n) is 10.9. The van der Waals surface area contributed by atoms with Crippen molar-refractivity contribution in [1.82, 2.24) is 14.8 Å². The number of halogens is 1. The molecule has 1 aromatic heterocycles. The van der Waals surface area contributed by atoms with E-state index in [9.17, 15) is 10.1 Å². The zero-order valence-corrected chi connectivity index (χ0v) is 11.7. The van der Waals surface area contributed by atoms with Crippen molar-refractivity contribution in [3.05, 3.63) is 39.7 Å². The monoisotopic (exact) mass is 292 g/mol. The Balaban J connectivity index is 2.15. The second-order valence-corrected chi connectivity index (χ2v) is 5.20. The molecular formula is C13H13ClN4O2. The quantitative estimate of drug-likeness (QED) is 0.492. The number of benzene rings is 1. The molecule has 1 aliphatic carbocycles. The Morgan fingerprint density at radius 3 is 2.80 bits per heavy atom.